The number of hydrogen-bond donors (Lipinski definition) is 2. The second-order valence-electron chi connectivity index (χ2n) is 6.67. The van der Waals surface area contributed by atoms with Crippen LogP contribution in [0, 0.1) is 0 Å². The fraction of sp³-hybridized carbons (Fsp3) is 0.500. The van der Waals surface area contributed by atoms with Gasteiger partial charge in [0, 0.05) is 30.7 Å². The smallest absolute Gasteiger partial charge is 0.412 e. The second-order valence-corrected chi connectivity index (χ2v) is 7.93. The van der Waals surface area contributed by atoms with Gasteiger partial charge in [0.15, 0.2) is 0 Å². The fourth-order valence-corrected chi connectivity index (χ4v) is 3.29. The van der Waals surface area contributed by atoms with Crippen LogP contribution in [0.25, 0.3) is 0 Å². The van der Waals surface area contributed by atoms with Crippen molar-refractivity contribution >= 4 is 51.1 Å². The van der Waals surface area contributed by atoms with Gasteiger partial charge in [-0.05, 0) is 48.8 Å². The maximum Gasteiger partial charge on any atom is 0.412 e. The lowest BCUT2D eigenvalue weighted by Crippen LogP contribution is -2.48. The zero-order valence-corrected chi connectivity index (χ0v) is 16.6. The Balaban J connectivity index is 2.15. The molecule has 2 N–H and O–H groups in total. The van der Waals surface area contributed by atoms with Crippen molar-refractivity contribution in [2.45, 2.75) is 26.4 Å². The molecule has 0 atom stereocenters. The third-order valence-electron chi connectivity index (χ3n) is 3.56. The number of nitrogens with zero attached hydrogens (tertiary/aromatic N) is 2. The zero-order valence-electron chi connectivity index (χ0n) is 14.3. The van der Waals surface area contributed by atoms with E-state index in [4.69, 9.17) is 21.4 Å². The molecule has 1 aromatic rings. The minimum atomic E-state index is -0.922. The van der Waals surface area contributed by atoms with Crippen LogP contribution in [-0.4, -0.2) is 54.0 Å². The van der Waals surface area contributed by atoms with Crippen LogP contribution < -0.4 is 10.2 Å². The summed E-state index contributed by atoms with van der Waals surface area (Å²) in [6.45, 7) is 7.22. The number of carbonyl (C=O) groups excluding carboxylic acids is 1. The Kier molecular flexibility index (Phi) is 6.05. The van der Waals surface area contributed by atoms with Gasteiger partial charge in [-0.3, -0.25) is 5.32 Å². The molecule has 0 unspecified atom stereocenters. The number of anilines is 2. The largest absolute Gasteiger partial charge is 0.465 e. The summed E-state index contributed by atoms with van der Waals surface area (Å²) in [6.07, 6.45) is -1.48. The van der Waals surface area contributed by atoms with E-state index < -0.39 is 17.8 Å². The molecule has 0 radical (unpaired) electrons. The Hall–Kier alpha value is -1.67. The molecule has 0 spiro atoms. The second kappa shape index (κ2) is 7.70. The average molecular weight is 435 g/mol. The standard InChI is InChI=1S/C16H21BrClN3O4/c1-16(2,3)25-14(22)19-12-9-13(11(18)8-10(12)17)20-4-6-21(7-5-20)15(23)24/h8-9H,4-7H2,1-3H3,(H,19,22)(H,23,24). The van der Waals surface area contributed by atoms with E-state index in [0.717, 1.165) is 5.69 Å². The first kappa shape index (κ1) is 19.7. The van der Waals surface area contributed by atoms with Crippen molar-refractivity contribution in [3.05, 3.63) is 21.6 Å². The molecule has 1 saturated heterocycles. The summed E-state index contributed by atoms with van der Waals surface area (Å²) in [6, 6.07) is 3.46. The number of amides is 2. The highest BCUT2D eigenvalue weighted by Gasteiger charge is 2.23. The van der Waals surface area contributed by atoms with Crippen LogP contribution in [0.1, 0.15) is 20.8 Å². The van der Waals surface area contributed by atoms with Crippen LogP contribution in [-0.2, 0) is 4.74 Å². The Morgan fingerprint density at radius 3 is 2.36 bits per heavy atom. The Morgan fingerprint density at radius 1 is 1.24 bits per heavy atom. The molecular weight excluding hydrogens is 414 g/mol. The number of benzene rings is 1. The zero-order chi connectivity index (χ0) is 18.8. The third-order valence-corrected chi connectivity index (χ3v) is 4.52. The summed E-state index contributed by atoms with van der Waals surface area (Å²) in [7, 11) is 0. The summed E-state index contributed by atoms with van der Waals surface area (Å²) in [5.74, 6) is 0. The van der Waals surface area contributed by atoms with Gasteiger partial charge < -0.3 is 19.6 Å². The molecule has 0 bridgehead atoms. The minimum absolute atomic E-state index is 0.399. The van der Waals surface area contributed by atoms with Crippen LogP contribution in [0.4, 0.5) is 21.0 Å². The van der Waals surface area contributed by atoms with Crippen molar-refractivity contribution in [2.75, 3.05) is 36.4 Å². The summed E-state index contributed by atoms with van der Waals surface area (Å²) >= 11 is 9.71. The molecule has 1 aromatic carbocycles. The molecule has 0 aliphatic carbocycles. The Labute approximate surface area is 160 Å². The van der Waals surface area contributed by atoms with Gasteiger partial charge in [0.1, 0.15) is 5.60 Å². The number of rotatable bonds is 2. The lowest BCUT2D eigenvalue weighted by atomic mass is 10.2. The molecule has 1 heterocycles. The topological polar surface area (TPSA) is 82.1 Å². The summed E-state index contributed by atoms with van der Waals surface area (Å²) in [5, 5.41) is 12.3. The molecule has 2 rings (SSSR count). The molecule has 0 saturated carbocycles. The quantitative estimate of drug-likeness (QED) is 0.727. The average Bonchev–Trinajstić information content (AvgIpc) is 2.48. The number of nitrogens with one attached hydrogen (secondary N) is 1. The highest BCUT2D eigenvalue weighted by Crippen LogP contribution is 2.35. The molecule has 25 heavy (non-hydrogen) atoms. The molecule has 2 amide bonds. The van der Waals surface area contributed by atoms with E-state index >= 15 is 0 Å². The molecular formula is C16H21BrClN3O4. The summed E-state index contributed by atoms with van der Waals surface area (Å²) < 4.78 is 5.90. The van der Waals surface area contributed by atoms with Crippen LogP contribution in [0.3, 0.4) is 0 Å². The van der Waals surface area contributed by atoms with Gasteiger partial charge >= 0.3 is 12.2 Å². The molecule has 7 nitrogen and oxygen atoms in total. The lowest BCUT2D eigenvalue weighted by Gasteiger charge is -2.35. The summed E-state index contributed by atoms with van der Waals surface area (Å²) in [5.41, 5.74) is 0.675. The van der Waals surface area contributed by atoms with Crippen molar-refractivity contribution in [1.29, 1.82) is 0 Å². The Bertz CT molecular complexity index is 670. The van der Waals surface area contributed by atoms with Crippen molar-refractivity contribution in [1.82, 2.24) is 4.90 Å². The number of hydrogen-bond acceptors (Lipinski definition) is 4. The van der Waals surface area contributed by atoms with Gasteiger partial charge in [-0.15, -0.1) is 0 Å². The first-order valence-corrected chi connectivity index (χ1v) is 8.96. The van der Waals surface area contributed by atoms with Crippen molar-refractivity contribution in [3.63, 3.8) is 0 Å². The third kappa shape index (κ3) is 5.40. The predicted molar refractivity (Wildman–Crippen MR) is 101 cm³/mol. The van der Waals surface area contributed by atoms with E-state index in [2.05, 4.69) is 21.2 Å². The molecule has 138 valence electrons. The number of ether oxygens (including phenoxy) is 1. The van der Waals surface area contributed by atoms with E-state index in [-0.39, 0.29) is 0 Å². The number of carboxylic acid groups (broad SMARTS) is 1. The first-order valence-electron chi connectivity index (χ1n) is 7.78. The Morgan fingerprint density at radius 2 is 1.84 bits per heavy atom. The van der Waals surface area contributed by atoms with E-state index in [1.165, 1.54) is 4.90 Å². The summed E-state index contributed by atoms with van der Waals surface area (Å²) in [4.78, 5) is 26.4. The van der Waals surface area contributed by atoms with Gasteiger partial charge in [0.2, 0.25) is 0 Å². The van der Waals surface area contributed by atoms with Crippen LogP contribution in [0.15, 0.2) is 16.6 Å². The molecule has 9 heteroatoms. The van der Waals surface area contributed by atoms with E-state index in [1.54, 1.807) is 32.9 Å². The maximum absolute atomic E-state index is 12.0. The van der Waals surface area contributed by atoms with Gasteiger partial charge in [-0.2, -0.15) is 0 Å². The van der Waals surface area contributed by atoms with Gasteiger partial charge in [0.05, 0.1) is 16.4 Å². The van der Waals surface area contributed by atoms with Crippen molar-refractivity contribution in [3.8, 4) is 0 Å². The molecule has 1 aliphatic heterocycles. The molecule has 0 aromatic heterocycles. The lowest BCUT2D eigenvalue weighted by molar-refractivity contribution is 0.0635. The SMILES string of the molecule is CC(C)(C)OC(=O)Nc1cc(N2CCN(C(=O)O)CC2)c(Cl)cc1Br. The predicted octanol–water partition coefficient (Wildman–Crippen LogP) is 4.25. The van der Waals surface area contributed by atoms with Gasteiger partial charge in [0.25, 0.3) is 0 Å². The number of carbonyl (C=O) groups is 2. The van der Waals surface area contributed by atoms with E-state index in [0.29, 0.717) is 41.4 Å². The first-order chi connectivity index (χ1) is 11.6. The minimum Gasteiger partial charge on any atom is -0.465 e. The van der Waals surface area contributed by atoms with Crippen LogP contribution >= 0.6 is 27.5 Å². The maximum atomic E-state index is 12.0. The van der Waals surface area contributed by atoms with E-state index in [9.17, 15) is 9.59 Å². The highest BCUT2D eigenvalue weighted by molar-refractivity contribution is 9.10. The monoisotopic (exact) mass is 433 g/mol. The fourth-order valence-electron chi connectivity index (χ4n) is 2.43. The van der Waals surface area contributed by atoms with Crippen molar-refractivity contribution in [2.24, 2.45) is 0 Å². The van der Waals surface area contributed by atoms with Crippen LogP contribution in [0.2, 0.25) is 5.02 Å². The van der Waals surface area contributed by atoms with Crippen molar-refractivity contribution < 1.29 is 19.4 Å². The molecule has 1 aliphatic rings. The van der Waals surface area contributed by atoms with Gasteiger partial charge in [-0.25, -0.2) is 9.59 Å². The number of piperazine rings is 1. The molecule has 1 fully saturated rings. The normalized spacial score (nSPS) is 15.1. The van der Waals surface area contributed by atoms with Gasteiger partial charge in [-0.1, -0.05) is 11.6 Å². The van der Waals surface area contributed by atoms with E-state index in [1.807, 2.05) is 4.90 Å². The highest BCUT2D eigenvalue weighted by atomic mass is 79.9. The number of halogens is 2. The van der Waals surface area contributed by atoms with Crippen LogP contribution in [0.5, 0.6) is 0 Å².